The van der Waals surface area contributed by atoms with Gasteiger partial charge >= 0.3 is 0 Å². The van der Waals surface area contributed by atoms with Crippen molar-refractivity contribution in [2.45, 2.75) is 20.0 Å². The van der Waals surface area contributed by atoms with Gasteiger partial charge in [0.25, 0.3) is 0 Å². The number of hydrogen-bond acceptors (Lipinski definition) is 5. The van der Waals surface area contributed by atoms with Gasteiger partial charge in [-0.15, -0.1) is 0 Å². The van der Waals surface area contributed by atoms with Crippen LogP contribution in [0.2, 0.25) is 0 Å². The highest BCUT2D eigenvalue weighted by atomic mass is 16.3. The van der Waals surface area contributed by atoms with Crippen molar-refractivity contribution in [1.29, 1.82) is 0 Å². The maximum atomic E-state index is 9.21. The van der Waals surface area contributed by atoms with Crippen molar-refractivity contribution in [3.63, 3.8) is 0 Å². The van der Waals surface area contributed by atoms with Gasteiger partial charge in [0.05, 0.1) is 12.6 Å². The first-order valence-electron chi connectivity index (χ1n) is 5.68. The molecule has 1 rings (SSSR count). The number of nitrogens with zero attached hydrogens (tertiary/aromatic N) is 2. The van der Waals surface area contributed by atoms with E-state index in [-0.39, 0.29) is 6.10 Å². The van der Waals surface area contributed by atoms with Crippen LogP contribution in [0.15, 0.2) is 4.99 Å². The SMILES string of the molecule is CCN(CC)CCNC1=NCC(O)CN1. The van der Waals surface area contributed by atoms with Gasteiger partial charge in [-0.1, -0.05) is 13.8 Å². The summed E-state index contributed by atoms with van der Waals surface area (Å²) in [6, 6.07) is 0. The summed E-state index contributed by atoms with van der Waals surface area (Å²) < 4.78 is 0. The largest absolute Gasteiger partial charge is 0.389 e. The smallest absolute Gasteiger partial charge is 0.191 e. The molecule has 0 aromatic heterocycles. The van der Waals surface area contributed by atoms with Gasteiger partial charge in [0, 0.05) is 19.6 Å². The average molecular weight is 214 g/mol. The van der Waals surface area contributed by atoms with E-state index in [4.69, 9.17) is 0 Å². The minimum absolute atomic E-state index is 0.335. The minimum Gasteiger partial charge on any atom is -0.389 e. The maximum Gasteiger partial charge on any atom is 0.191 e. The first kappa shape index (κ1) is 12.3. The molecule has 0 bridgehead atoms. The van der Waals surface area contributed by atoms with Crippen LogP contribution < -0.4 is 10.6 Å². The zero-order valence-electron chi connectivity index (χ0n) is 9.66. The molecule has 1 aliphatic heterocycles. The van der Waals surface area contributed by atoms with Gasteiger partial charge in [-0.3, -0.25) is 4.99 Å². The Morgan fingerprint density at radius 3 is 2.80 bits per heavy atom. The third-order valence-electron chi connectivity index (χ3n) is 2.58. The van der Waals surface area contributed by atoms with E-state index in [0.29, 0.717) is 13.1 Å². The molecule has 0 fully saturated rings. The molecule has 1 unspecified atom stereocenters. The number of β-amino-alcohol motifs (C(OH)–C–C–N with tert-alkyl or cyclic N) is 1. The van der Waals surface area contributed by atoms with Crippen LogP contribution in [0.5, 0.6) is 0 Å². The zero-order chi connectivity index (χ0) is 11.1. The van der Waals surface area contributed by atoms with Crippen LogP contribution in [-0.4, -0.2) is 61.3 Å². The van der Waals surface area contributed by atoms with Crippen molar-refractivity contribution in [3.8, 4) is 0 Å². The number of guanidine groups is 1. The lowest BCUT2D eigenvalue weighted by atomic mass is 10.3. The van der Waals surface area contributed by atoms with E-state index in [0.717, 1.165) is 32.1 Å². The first-order valence-corrected chi connectivity index (χ1v) is 5.68. The molecule has 5 nitrogen and oxygen atoms in total. The standard InChI is InChI=1S/C10H22N4O/c1-3-14(4-2)6-5-11-10-12-7-9(15)8-13-10/h9,15H,3-8H2,1-2H3,(H2,11,12,13). The molecule has 88 valence electrons. The monoisotopic (exact) mass is 214 g/mol. The minimum atomic E-state index is -0.335. The molecule has 0 aliphatic carbocycles. The summed E-state index contributed by atoms with van der Waals surface area (Å²) in [4.78, 5) is 6.54. The fourth-order valence-corrected chi connectivity index (χ4v) is 1.52. The van der Waals surface area contributed by atoms with Gasteiger partial charge in [-0.2, -0.15) is 0 Å². The Hall–Kier alpha value is -0.810. The second kappa shape index (κ2) is 6.63. The van der Waals surface area contributed by atoms with Gasteiger partial charge < -0.3 is 20.6 Å². The normalized spacial score (nSPS) is 21.1. The summed E-state index contributed by atoms with van der Waals surface area (Å²) in [5, 5.41) is 15.5. The summed E-state index contributed by atoms with van der Waals surface area (Å²) in [5.74, 6) is 0.812. The van der Waals surface area contributed by atoms with Crippen LogP contribution in [0.4, 0.5) is 0 Å². The zero-order valence-corrected chi connectivity index (χ0v) is 9.66. The van der Waals surface area contributed by atoms with E-state index in [9.17, 15) is 5.11 Å². The van der Waals surface area contributed by atoms with Gasteiger partial charge in [0.1, 0.15) is 0 Å². The molecular formula is C10H22N4O. The molecule has 0 radical (unpaired) electrons. The number of rotatable bonds is 5. The number of aliphatic hydroxyl groups is 1. The van der Waals surface area contributed by atoms with E-state index in [1.165, 1.54) is 0 Å². The lowest BCUT2D eigenvalue weighted by Crippen LogP contribution is -2.47. The van der Waals surface area contributed by atoms with E-state index < -0.39 is 0 Å². The highest BCUT2D eigenvalue weighted by molar-refractivity contribution is 5.80. The molecule has 0 amide bonds. The number of aliphatic hydroxyl groups excluding tert-OH is 1. The van der Waals surface area contributed by atoms with Crippen molar-refractivity contribution in [2.75, 3.05) is 39.3 Å². The Bertz CT molecular complexity index is 204. The van der Waals surface area contributed by atoms with E-state index in [2.05, 4.69) is 34.4 Å². The Kier molecular flexibility index (Phi) is 5.42. The second-order valence-corrected chi connectivity index (χ2v) is 3.68. The molecule has 0 spiro atoms. The molecule has 0 saturated heterocycles. The van der Waals surface area contributed by atoms with Crippen LogP contribution in [0.1, 0.15) is 13.8 Å². The Balaban J connectivity index is 2.14. The third kappa shape index (κ3) is 4.48. The molecule has 1 heterocycles. The van der Waals surface area contributed by atoms with Crippen molar-refractivity contribution >= 4 is 5.96 Å². The topological polar surface area (TPSA) is 59.9 Å². The van der Waals surface area contributed by atoms with Crippen molar-refractivity contribution in [2.24, 2.45) is 4.99 Å². The summed E-state index contributed by atoms with van der Waals surface area (Å²) in [6.07, 6.45) is -0.335. The molecular weight excluding hydrogens is 192 g/mol. The van der Waals surface area contributed by atoms with Gasteiger partial charge in [-0.05, 0) is 13.1 Å². The van der Waals surface area contributed by atoms with Crippen LogP contribution in [0.25, 0.3) is 0 Å². The Morgan fingerprint density at radius 2 is 2.27 bits per heavy atom. The number of likely N-dealkylation sites (N-methyl/N-ethyl adjacent to an activating group) is 1. The fraction of sp³-hybridized carbons (Fsp3) is 0.900. The highest BCUT2D eigenvalue weighted by Gasteiger charge is 2.10. The lowest BCUT2D eigenvalue weighted by molar-refractivity contribution is 0.180. The highest BCUT2D eigenvalue weighted by Crippen LogP contribution is 1.89. The molecule has 1 atom stereocenters. The van der Waals surface area contributed by atoms with Crippen molar-refractivity contribution < 1.29 is 5.11 Å². The molecule has 15 heavy (non-hydrogen) atoms. The average Bonchev–Trinajstić information content (AvgIpc) is 2.27. The van der Waals surface area contributed by atoms with Crippen molar-refractivity contribution in [1.82, 2.24) is 15.5 Å². The molecule has 5 heteroatoms. The predicted molar refractivity (Wildman–Crippen MR) is 62.1 cm³/mol. The predicted octanol–water partition coefficient (Wildman–Crippen LogP) is -0.762. The Morgan fingerprint density at radius 1 is 1.53 bits per heavy atom. The second-order valence-electron chi connectivity index (χ2n) is 3.68. The molecule has 0 aromatic carbocycles. The molecule has 0 aromatic rings. The van der Waals surface area contributed by atoms with Crippen LogP contribution >= 0.6 is 0 Å². The molecule has 1 aliphatic rings. The first-order chi connectivity index (χ1) is 7.26. The number of hydrogen-bond donors (Lipinski definition) is 3. The number of aliphatic imine (C=N–C) groups is 1. The molecule has 3 N–H and O–H groups in total. The van der Waals surface area contributed by atoms with E-state index in [1.54, 1.807) is 0 Å². The third-order valence-corrected chi connectivity index (χ3v) is 2.58. The quantitative estimate of drug-likeness (QED) is 0.563. The van der Waals surface area contributed by atoms with Crippen LogP contribution in [-0.2, 0) is 0 Å². The summed E-state index contributed by atoms with van der Waals surface area (Å²) in [5.41, 5.74) is 0. The van der Waals surface area contributed by atoms with E-state index in [1.807, 2.05) is 0 Å². The summed E-state index contributed by atoms with van der Waals surface area (Å²) >= 11 is 0. The maximum absolute atomic E-state index is 9.21. The van der Waals surface area contributed by atoms with Gasteiger partial charge in [-0.25, -0.2) is 0 Å². The van der Waals surface area contributed by atoms with E-state index >= 15 is 0 Å². The molecule has 0 saturated carbocycles. The van der Waals surface area contributed by atoms with Crippen LogP contribution in [0.3, 0.4) is 0 Å². The summed E-state index contributed by atoms with van der Waals surface area (Å²) in [7, 11) is 0. The lowest BCUT2D eigenvalue weighted by Gasteiger charge is -2.22. The Labute approximate surface area is 91.6 Å². The fourth-order valence-electron chi connectivity index (χ4n) is 1.52. The van der Waals surface area contributed by atoms with Crippen molar-refractivity contribution in [3.05, 3.63) is 0 Å². The van der Waals surface area contributed by atoms with Gasteiger partial charge in [0.15, 0.2) is 5.96 Å². The number of nitrogens with one attached hydrogen (secondary N) is 2. The summed E-state index contributed by atoms with van der Waals surface area (Å²) in [6.45, 7) is 9.50. The van der Waals surface area contributed by atoms with Gasteiger partial charge in [0.2, 0.25) is 0 Å². The van der Waals surface area contributed by atoms with Crippen LogP contribution in [0, 0.1) is 0 Å².